The predicted octanol–water partition coefficient (Wildman–Crippen LogP) is 0.109. The molecule has 1 saturated heterocycles. The smallest absolute Gasteiger partial charge is 0.276 e. The normalized spacial score (nSPS) is 20.6. The summed E-state index contributed by atoms with van der Waals surface area (Å²) in [6, 6.07) is 0. The zero-order valence-electron chi connectivity index (χ0n) is 10.2. The Kier molecular flexibility index (Phi) is 3.73. The third-order valence-corrected chi connectivity index (χ3v) is 3.06. The Labute approximate surface area is 101 Å². The highest BCUT2D eigenvalue weighted by atomic mass is 16.2. The van der Waals surface area contributed by atoms with Crippen molar-refractivity contribution in [1.29, 1.82) is 0 Å². The Morgan fingerprint density at radius 2 is 2.47 bits per heavy atom. The van der Waals surface area contributed by atoms with Crippen molar-refractivity contribution in [3.8, 4) is 0 Å². The van der Waals surface area contributed by atoms with Gasteiger partial charge in [0.15, 0.2) is 5.69 Å². The number of rotatable bonds is 3. The van der Waals surface area contributed by atoms with Crippen molar-refractivity contribution >= 4 is 5.91 Å². The maximum absolute atomic E-state index is 12.1. The molecule has 1 aromatic heterocycles. The van der Waals surface area contributed by atoms with E-state index in [9.17, 15) is 4.79 Å². The highest BCUT2D eigenvalue weighted by Gasteiger charge is 2.23. The molecular weight excluding hydrogens is 218 g/mol. The van der Waals surface area contributed by atoms with Gasteiger partial charge >= 0.3 is 0 Å². The molecule has 0 spiro atoms. The lowest BCUT2D eigenvalue weighted by atomic mass is 10.0. The van der Waals surface area contributed by atoms with E-state index < -0.39 is 0 Å². The Bertz CT molecular complexity index is 389. The van der Waals surface area contributed by atoms with Crippen LogP contribution in [0.5, 0.6) is 0 Å². The fraction of sp³-hybridized carbons (Fsp3) is 0.727. The van der Waals surface area contributed by atoms with E-state index in [1.54, 1.807) is 10.9 Å². The molecule has 0 aliphatic carbocycles. The minimum atomic E-state index is -0.0141. The fourth-order valence-corrected chi connectivity index (χ4v) is 2.17. The molecule has 0 aromatic carbocycles. The van der Waals surface area contributed by atoms with Gasteiger partial charge in [0, 0.05) is 19.6 Å². The standard InChI is InChI=1S/C11H19N5O/c1-9-3-2-5-15(7-9)11(17)10-8-16(6-4-12)14-13-10/h8-9H,2-7,12H2,1H3. The number of aromatic nitrogens is 3. The molecule has 94 valence electrons. The quantitative estimate of drug-likeness (QED) is 0.809. The van der Waals surface area contributed by atoms with Gasteiger partial charge in [-0.2, -0.15) is 0 Å². The van der Waals surface area contributed by atoms with E-state index in [1.165, 1.54) is 6.42 Å². The summed E-state index contributed by atoms with van der Waals surface area (Å²) in [6.45, 7) is 4.91. The fourth-order valence-electron chi connectivity index (χ4n) is 2.17. The topological polar surface area (TPSA) is 77.0 Å². The molecule has 2 N–H and O–H groups in total. The molecule has 2 heterocycles. The van der Waals surface area contributed by atoms with Crippen LogP contribution in [0.4, 0.5) is 0 Å². The van der Waals surface area contributed by atoms with Gasteiger partial charge in [0.2, 0.25) is 0 Å². The van der Waals surface area contributed by atoms with Crippen LogP contribution in [0.15, 0.2) is 6.20 Å². The molecule has 17 heavy (non-hydrogen) atoms. The van der Waals surface area contributed by atoms with Crippen molar-refractivity contribution in [3.05, 3.63) is 11.9 Å². The molecular formula is C11H19N5O. The second kappa shape index (κ2) is 5.27. The van der Waals surface area contributed by atoms with Gasteiger partial charge in [-0.15, -0.1) is 5.10 Å². The van der Waals surface area contributed by atoms with Gasteiger partial charge < -0.3 is 10.6 Å². The third-order valence-electron chi connectivity index (χ3n) is 3.06. The monoisotopic (exact) mass is 237 g/mol. The summed E-state index contributed by atoms with van der Waals surface area (Å²) >= 11 is 0. The molecule has 1 fully saturated rings. The average Bonchev–Trinajstić information content (AvgIpc) is 2.77. The van der Waals surface area contributed by atoms with Crippen LogP contribution in [0, 0.1) is 5.92 Å². The highest BCUT2D eigenvalue weighted by molar-refractivity contribution is 5.91. The lowest BCUT2D eigenvalue weighted by molar-refractivity contribution is 0.0677. The zero-order chi connectivity index (χ0) is 12.3. The Morgan fingerprint density at radius 3 is 3.18 bits per heavy atom. The van der Waals surface area contributed by atoms with Gasteiger partial charge in [-0.25, -0.2) is 0 Å². The minimum absolute atomic E-state index is 0.0141. The van der Waals surface area contributed by atoms with E-state index in [0.717, 1.165) is 19.5 Å². The maximum atomic E-state index is 12.1. The van der Waals surface area contributed by atoms with Crippen molar-refractivity contribution in [2.24, 2.45) is 11.7 Å². The molecule has 0 bridgehead atoms. The summed E-state index contributed by atoms with van der Waals surface area (Å²) < 4.78 is 1.61. The van der Waals surface area contributed by atoms with Crippen LogP contribution in [0.25, 0.3) is 0 Å². The average molecular weight is 237 g/mol. The summed E-state index contributed by atoms with van der Waals surface area (Å²) in [5.41, 5.74) is 5.85. The van der Waals surface area contributed by atoms with Crippen molar-refractivity contribution in [2.75, 3.05) is 19.6 Å². The summed E-state index contributed by atoms with van der Waals surface area (Å²) in [6.07, 6.45) is 3.95. The van der Waals surface area contributed by atoms with Crippen LogP contribution in [0.1, 0.15) is 30.3 Å². The first-order valence-electron chi connectivity index (χ1n) is 6.10. The van der Waals surface area contributed by atoms with E-state index in [-0.39, 0.29) is 5.91 Å². The Balaban J connectivity index is 2.02. The molecule has 1 aliphatic heterocycles. The molecule has 1 atom stereocenters. The molecule has 6 heteroatoms. The first kappa shape index (κ1) is 12.0. The summed E-state index contributed by atoms with van der Waals surface area (Å²) in [4.78, 5) is 14.0. The van der Waals surface area contributed by atoms with Crippen LogP contribution in [0.2, 0.25) is 0 Å². The minimum Gasteiger partial charge on any atom is -0.337 e. The molecule has 6 nitrogen and oxygen atoms in total. The van der Waals surface area contributed by atoms with Crippen LogP contribution in [0.3, 0.4) is 0 Å². The molecule has 0 radical (unpaired) electrons. The molecule has 1 aliphatic rings. The van der Waals surface area contributed by atoms with Crippen LogP contribution in [-0.2, 0) is 6.54 Å². The Morgan fingerprint density at radius 1 is 1.65 bits per heavy atom. The predicted molar refractivity (Wildman–Crippen MR) is 63.4 cm³/mol. The Hall–Kier alpha value is -1.43. The number of nitrogens with zero attached hydrogens (tertiary/aromatic N) is 4. The lowest BCUT2D eigenvalue weighted by Gasteiger charge is -2.30. The highest BCUT2D eigenvalue weighted by Crippen LogP contribution is 2.16. The molecule has 2 rings (SSSR count). The summed E-state index contributed by atoms with van der Waals surface area (Å²) in [5.74, 6) is 0.562. The van der Waals surface area contributed by atoms with Crippen LogP contribution < -0.4 is 5.73 Å². The van der Waals surface area contributed by atoms with Crippen LogP contribution >= 0.6 is 0 Å². The van der Waals surface area contributed by atoms with Crippen molar-refractivity contribution in [3.63, 3.8) is 0 Å². The first-order valence-corrected chi connectivity index (χ1v) is 6.10. The second-order valence-electron chi connectivity index (χ2n) is 4.65. The summed E-state index contributed by atoms with van der Waals surface area (Å²) in [7, 11) is 0. The van der Waals surface area contributed by atoms with Gasteiger partial charge in [-0.3, -0.25) is 9.48 Å². The van der Waals surface area contributed by atoms with Gasteiger partial charge in [0.25, 0.3) is 5.91 Å². The van der Waals surface area contributed by atoms with Gasteiger partial charge in [0.1, 0.15) is 0 Å². The number of carbonyl (C=O) groups excluding carboxylic acids is 1. The summed E-state index contributed by atoms with van der Waals surface area (Å²) in [5, 5.41) is 7.78. The SMILES string of the molecule is CC1CCCN(C(=O)c2cn(CCN)nn2)C1. The number of hydrogen-bond donors (Lipinski definition) is 1. The number of likely N-dealkylation sites (tertiary alicyclic amines) is 1. The van der Waals surface area contributed by atoms with E-state index in [4.69, 9.17) is 5.73 Å². The van der Waals surface area contributed by atoms with Crippen LogP contribution in [-0.4, -0.2) is 45.4 Å². The van der Waals surface area contributed by atoms with E-state index in [1.807, 2.05) is 4.90 Å². The van der Waals surface area contributed by atoms with Crippen molar-refractivity contribution in [1.82, 2.24) is 19.9 Å². The number of carbonyl (C=O) groups is 1. The van der Waals surface area contributed by atoms with Crippen molar-refractivity contribution in [2.45, 2.75) is 26.3 Å². The molecule has 1 aromatic rings. The zero-order valence-corrected chi connectivity index (χ0v) is 10.2. The molecule has 1 unspecified atom stereocenters. The molecule has 1 amide bonds. The number of nitrogens with two attached hydrogens (primary N) is 1. The van der Waals surface area contributed by atoms with E-state index >= 15 is 0 Å². The van der Waals surface area contributed by atoms with Gasteiger partial charge in [0.05, 0.1) is 12.7 Å². The largest absolute Gasteiger partial charge is 0.337 e. The lowest BCUT2D eigenvalue weighted by Crippen LogP contribution is -2.39. The third kappa shape index (κ3) is 2.82. The van der Waals surface area contributed by atoms with Gasteiger partial charge in [-0.05, 0) is 18.8 Å². The van der Waals surface area contributed by atoms with Crippen molar-refractivity contribution < 1.29 is 4.79 Å². The van der Waals surface area contributed by atoms with E-state index in [0.29, 0.717) is 24.7 Å². The second-order valence-corrected chi connectivity index (χ2v) is 4.65. The number of hydrogen-bond acceptors (Lipinski definition) is 4. The van der Waals surface area contributed by atoms with E-state index in [2.05, 4.69) is 17.2 Å². The first-order chi connectivity index (χ1) is 8.20. The van der Waals surface area contributed by atoms with Gasteiger partial charge in [-0.1, -0.05) is 12.1 Å². The number of amides is 1. The maximum Gasteiger partial charge on any atom is 0.276 e. The number of piperidine rings is 1. The molecule has 0 saturated carbocycles.